The van der Waals surface area contributed by atoms with E-state index in [-0.39, 0.29) is 35.8 Å². The lowest BCUT2D eigenvalue weighted by atomic mass is 9.91. The van der Waals surface area contributed by atoms with Gasteiger partial charge in [-0.2, -0.15) is 0 Å². The summed E-state index contributed by atoms with van der Waals surface area (Å²) in [4.78, 5) is 16.7. The van der Waals surface area contributed by atoms with Gasteiger partial charge in [-0.05, 0) is 49.1 Å². The number of nitrogens with one attached hydrogen (secondary N) is 3. The molecule has 2 aromatic rings. The Morgan fingerprint density at radius 3 is 2.67 bits per heavy atom. The Balaban J connectivity index is 0.00000320. The predicted molar refractivity (Wildman–Crippen MR) is 133 cm³/mol. The van der Waals surface area contributed by atoms with Crippen molar-refractivity contribution in [1.29, 1.82) is 0 Å². The van der Waals surface area contributed by atoms with Crippen LogP contribution < -0.4 is 20.7 Å². The van der Waals surface area contributed by atoms with E-state index in [1.54, 1.807) is 7.11 Å². The summed E-state index contributed by atoms with van der Waals surface area (Å²) in [7, 11) is 1.68. The molecule has 0 saturated carbocycles. The summed E-state index contributed by atoms with van der Waals surface area (Å²) in [5.74, 6) is 1.84. The van der Waals surface area contributed by atoms with Crippen LogP contribution in [0.4, 0.5) is 5.69 Å². The van der Waals surface area contributed by atoms with E-state index < -0.39 is 0 Å². The maximum Gasteiger partial charge on any atom is 0.225 e. The van der Waals surface area contributed by atoms with E-state index in [1.165, 1.54) is 5.56 Å². The Morgan fingerprint density at radius 1 is 1.17 bits per heavy atom. The number of carbonyl (C=O) groups is 1. The number of guanidine groups is 1. The molecule has 1 unspecified atom stereocenters. The van der Waals surface area contributed by atoms with Crippen molar-refractivity contribution in [3.63, 3.8) is 0 Å². The third-order valence-electron chi connectivity index (χ3n) is 5.01. The van der Waals surface area contributed by atoms with Crippen molar-refractivity contribution < 1.29 is 9.53 Å². The molecule has 1 heterocycles. The Bertz CT molecular complexity index is 839. The van der Waals surface area contributed by atoms with Crippen LogP contribution >= 0.6 is 24.0 Å². The van der Waals surface area contributed by atoms with Gasteiger partial charge in [-0.15, -0.1) is 24.0 Å². The highest BCUT2D eigenvalue weighted by Crippen LogP contribution is 2.31. The lowest BCUT2D eigenvalue weighted by molar-refractivity contribution is -0.116. The average Bonchev–Trinajstić information content (AvgIpc) is 2.75. The van der Waals surface area contributed by atoms with Gasteiger partial charge in [0.25, 0.3) is 0 Å². The van der Waals surface area contributed by atoms with E-state index in [0.717, 1.165) is 48.9 Å². The van der Waals surface area contributed by atoms with Crippen LogP contribution in [-0.2, 0) is 11.2 Å². The van der Waals surface area contributed by atoms with Crippen LogP contribution in [0.2, 0.25) is 0 Å². The molecule has 0 aromatic heterocycles. The van der Waals surface area contributed by atoms with Crippen LogP contribution in [0, 0.1) is 0 Å². The smallest absolute Gasteiger partial charge is 0.225 e. The van der Waals surface area contributed by atoms with Crippen molar-refractivity contribution in [3.05, 3.63) is 59.7 Å². The number of aliphatic imine (C=N–C) groups is 1. The van der Waals surface area contributed by atoms with E-state index >= 15 is 0 Å². The van der Waals surface area contributed by atoms with Gasteiger partial charge in [-0.3, -0.25) is 9.79 Å². The molecule has 0 fully saturated rings. The van der Waals surface area contributed by atoms with Crippen molar-refractivity contribution in [2.45, 2.75) is 32.1 Å². The molecule has 1 aliphatic heterocycles. The first-order chi connectivity index (χ1) is 14.2. The molecule has 0 spiro atoms. The molecule has 30 heavy (non-hydrogen) atoms. The van der Waals surface area contributed by atoms with Crippen LogP contribution in [-0.4, -0.2) is 38.6 Å². The number of rotatable bonds is 8. The maximum atomic E-state index is 12.0. The number of ether oxygens (including phenoxy) is 1. The fraction of sp³-hybridized carbons (Fsp3) is 0.391. The zero-order valence-corrected chi connectivity index (χ0v) is 19.9. The van der Waals surface area contributed by atoms with E-state index in [4.69, 9.17) is 9.73 Å². The minimum absolute atomic E-state index is 0. The molecule has 7 heteroatoms. The third-order valence-corrected chi connectivity index (χ3v) is 5.01. The minimum Gasteiger partial charge on any atom is -0.497 e. The third kappa shape index (κ3) is 6.90. The molecule has 0 bridgehead atoms. The number of benzene rings is 2. The summed E-state index contributed by atoms with van der Waals surface area (Å²) in [5.41, 5.74) is 3.35. The Kier molecular flexibility index (Phi) is 9.93. The summed E-state index contributed by atoms with van der Waals surface area (Å²) in [6.07, 6.45) is 2.47. The van der Waals surface area contributed by atoms with E-state index in [2.05, 4.69) is 41.1 Å². The van der Waals surface area contributed by atoms with Crippen LogP contribution in [0.3, 0.4) is 0 Å². The van der Waals surface area contributed by atoms with E-state index in [9.17, 15) is 4.79 Å². The molecule has 162 valence electrons. The highest BCUT2D eigenvalue weighted by molar-refractivity contribution is 14.0. The molecule has 1 aliphatic rings. The normalized spacial score (nSPS) is 15.5. The van der Waals surface area contributed by atoms with Crippen molar-refractivity contribution in [2.75, 3.05) is 32.1 Å². The number of carbonyl (C=O) groups excluding carboxylic acids is 1. The Labute approximate surface area is 195 Å². The molecule has 6 nitrogen and oxygen atoms in total. The monoisotopic (exact) mass is 522 g/mol. The number of aryl methyl sites for hydroxylation is 1. The standard InChI is InChI=1S/C23H30N4O2.HI/c1-3-24-23(25-14-6-7-17-10-12-19(29-2)13-11-17)26-16-18-15-22(28)27-21-9-5-4-8-20(18)21;/h4-5,8-13,18H,3,6-7,14-16H2,1-2H3,(H,27,28)(H2,24,25,26);1H. The van der Waals surface area contributed by atoms with Crippen LogP contribution in [0.1, 0.15) is 36.8 Å². The van der Waals surface area contributed by atoms with Gasteiger partial charge in [-0.1, -0.05) is 30.3 Å². The SMILES string of the molecule is CCNC(=NCC1CC(=O)Nc2ccccc21)NCCCc1ccc(OC)cc1.I. The topological polar surface area (TPSA) is 74.8 Å². The summed E-state index contributed by atoms with van der Waals surface area (Å²) in [6, 6.07) is 16.2. The molecular weight excluding hydrogens is 491 g/mol. The highest BCUT2D eigenvalue weighted by Gasteiger charge is 2.24. The van der Waals surface area contributed by atoms with E-state index in [1.807, 2.05) is 30.3 Å². The van der Waals surface area contributed by atoms with Crippen LogP contribution in [0.15, 0.2) is 53.5 Å². The maximum absolute atomic E-state index is 12.0. The lowest BCUT2D eigenvalue weighted by Crippen LogP contribution is -2.38. The fourth-order valence-corrected chi connectivity index (χ4v) is 3.50. The number of hydrogen-bond acceptors (Lipinski definition) is 3. The molecular formula is C23H31IN4O2. The molecule has 0 aliphatic carbocycles. The quantitative estimate of drug-likeness (QED) is 0.213. The summed E-state index contributed by atoms with van der Waals surface area (Å²) in [6.45, 7) is 4.27. The first-order valence-corrected chi connectivity index (χ1v) is 10.2. The minimum atomic E-state index is 0. The van der Waals surface area contributed by atoms with E-state index in [0.29, 0.717) is 13.0 Å². The fourth-order valence-electron chi connectivity index (χ4n) is 3.50. The Hall–Kier alpha value is -2.29. The number of nitrogens with zero attached hydrogens (tertiary/aromatic N) is 1. The highest BCUT2D eigenvalue weighted by atomic mass is 127. The second kappa shape index (κ2) is 12.4. The van der Waals surface area contributed by atoms with Gasteiger partial charge in [-0.25, -0.2) is 0 Å². The summed E-state index contributed by atoms with van der Waals surface area (Å²) < 4.78 is 5.20. The molecule has 0 saturated heterocycles. The van der Waals surface area contributed by atoms with Gasteiger partial charge in [0.05, 0.1) is 13.7 Å². The van der Waals surface area contributed by atoms with Crippen molar-refractivity contribution in [3.8, 4) is 5.75 Å². The molecule has 3 rings (SSSR count). The van der Waals surface area contributed by atoms with Gasteiger partial charge < -0.3 is 20.7 Å². The number of fused-ring (bicyclic) bond motifs is 1. The van der Waals surface area contributed by atoms with Gasteiger partial charge in [0.2, 0.25) is 5.91 Å². The van der Waals surface area contributed by atoms with Crippen LogP contribution in [0.25, 0.3) is 0 Å². The first kappa shape index (κ1) is 24.0. The van der Waals surface area contributed by atoms with Gasteiger partial charge >= 0.3 is 0 Å². The molecule has 0 radical (unpaired) electrons. The van der Waals surface area contributed by atoms with Crippen molar-refractivity contribution >= 4 is 41.5 Å². The molecule has 3 N–H and O–H groups in total. The number of amides is 1. The number of anilines is 1. The second-order valence-electron chi connectivity index (χ2n) is 7.13. The van der Waals surface area contributed by atoms with Crippen molar-refractivity contribution in [1.82, 2.24) is 10.6 Å². The van der Waals surface area contributed by atoms with Gasteiger partial charge in [0, 0.05) is 31.1 Å². The zero-order chi connectivity index (χ0) is 20.5. The number of methoxy groups -OCH3 is 1. The van der Waals surface area contributed by atoms with Gasteiger partial charge in [0.15, 0.2) is 5.96 Å². The number of para-hydroxylation sites is 1. The lowest BCUT2D eigenvalue weighted by Gasteiger charge is -2.24. The number of halogens is 1. The number of hydrogen-bond donors (Lipinski definition) is 3. The Morgan fingerprint density at radius 2 is 1.93 bits per heavy atom. The van der Waals surface area contributed by atoms with Gasteiger partial charge in [0.1, 0.15) is 5.75 Å². The predicted octanol–water partition coefficient (Wildman–Crippen LogP) is 3.93. The molecule has 2 aromatic carbocycles. The van der Waals surface area contributed by atoms with Crippen LogP contribution in [0.5, 0.6) is 5.75 Å². The second-order valence-corrected chi connectivity index (χ2v) is 7.13. The first-order valence-electron chi connectivity index (χ1n) is 10.2. The summed E-state index contributed by atoms with van der Waals surface area (Å²) in [5, 5.41) is 9.64. The molecule has 1 atom stereocenters. The largest absolute Gasteiger partial charge is 0.497 e. The van der Waals surface area contributed by atoms with Crippen molar-refractivity contribution in [2.24, 2.45) is 4.99 Å². The zero-order valence-electron chi connectivity index (χ0n) is 17.6. The summed E-state index contributed by atoms with van der Waals surface area (Å²) >= 11 is 0. The molecule has 1 amide bonds. The average molecular weight is 522 g/mol.